The molecule has 1 aliphatic rings. The van der Waals surface area contributed by atoms with E-state index in [4.69, 9.17) is 4.74 Å². The van der Waals surface area contributed by atoms with Crippen LogP contribution in [0.15, 0.2) is 41.3 Å². The highest BCUT2D eigenvalue weighted by Crippen LogP contribution is 2.24. The molecule has 3 rings (SSSR count). The van der Waals surface area contributed by atoms with Gasteiger partial charge in [-0.3, -0.25) is 4.79 Å². The molecule has 1 aliphatic heterocycles. The lowest BCUT2D eigenvalue weighted by Gasteiger charge is -2.32. The second kappa shape index (κ2) is 9.18. The summed E-state index contributed by atoms with van der Waals surface area (Å²) in [5, 5.41) is 2.96. The predicted molar refractivity (Wildman–Crippen MR) is 117 cm³/mol. The van der Waals surface area contributed by atoms with Crippen LogP contribution in [0.5, 0.6) is 5.75 Å². The number of ether oxygens (including phenoxy) is 1. The summed E-state index contributed by atoms with van der Waals surface area (Å²) in [7, 11) is -3.52. The van der Waals surface area contributed by atoms with Gasteiger partial charge in [0.05, 0.1) is 4.90 Å². The van der Waals surface area contributed by atoms with E-state index >= 15 is 0 Å². The number of sulfonamides is 1. The Hall–Kier alpha value is -2.38. The molecular formula is C23H30N2O4S. The second-order valence-electron chi connectivity index (χ2n) is 8.05. The van der Waals surface area contributed by atoms with Crippen molar-refractivity contribution in [2.75, 3.05) is 19.7 Å². The predicted octanol–water partition coefficient (Wildman–Crippen LogP) is 3.27. The zero-order chi connectivity index (χ0) is 21.9. The van der Waals surface area contributed by atoms with Crippen molar-refractivity contribution < 1.29 is 17.9 Å². The average molecular weight is 431 g/mol. The number of amides is 1. The topological polar surface area (TPSA) is 75.7 Å². The number of hydrogen-bond acceptors (Lipinski definition) is 4. The third-order valence-electron chi connectivity index (χ3n) is 5.62. The summed E-state index contributed by atoms with van der Waals surface area (Å²) in [6, 6.07) is 11.1. The smallest absolute Gasteiger partial charge is 0.258 e. The summed E-state index contributed by atoms with van der Waals surface area (Å²) in [6.07, 6.45) is 1.17. The van der Waals surface area contributed by atoms with Crippen molar-refractivity contribution in [2.45, 2.75) is 51.5 Å². The second-order valence-corrected chi connectivity index (χ2v) is 9.96. The van der Waals surface area contributed by atoms with E-state index in [-0.39, 0.29) is 18.6 Å². The Balaban J connectivity index is 1.51. The number of nitrogens with zero attached hydrogens (tertiary/aromatic N) is 1. The summed E-state index contributed by atoms with van der Waals surface area (Å²) >= 11 is 0. The van der Waals surface area contributed by atoms with Crippen LogP contribution >= 0.6 is 0 Å². The van der Waals surface area contributed by atoms with Gasteiger partial charge >= 0.3 is 0 Å². The number of carbonyl (C=O) groups is 1. The van der Waals surface area contributed by atoms with Crippen LogP contribution < -0.4 is 10.1 Å². The standard InChI is InChI=1S/C23H30N2O4S/c1-16-5-8-22(19(4)13-16)30(27,28)25-11-9-20(10-12-25)24-23(26)15-29-21-7-6-17(2)18(3)14-21/h5-8,13-14,20H,9-12,15H2,1-4H3,(H,24,26). The third-order valence-corrected chi connectivity index (χ3v) is 7.67. The number of nitrogens with one attached hydrogen (secondary N) is 1. The van der Waals surface area contributed by atoms with E-state index in [2.05, 4.69) is 5.32 Å². The number of carbonyl (C=O) groups excluding carboxylic acids is 1. The van der Waals surface area contributed by atoms with Gasteiger partial charge in [-0.15, -0.1) is 0 Å². The fourth-order valence-electron chi connectivity index (χ4n) is 3.69. The average Bonchev–Trinajstić information content (AvgIpc) is 2.69. The molecule has 1 fully saturated rings. The van der Waals surface area contributed by atoms with E-state index < -0.39 is 10.0 Å². The summed E-state index contributed by atoms with van der Waals surface area (Å²) in [4.78, 5) is 12.6. The molecule has 1 saturated heterocycles. The van der Waals surface area contributed by atoms with E-state index in [0.29, 0.717) is 36.6 Å². The Morgan fingerprint density at radius 3 is 2.33 bits per heavy atom. The highest BCUT2D eigenvalue weighted by Gasteiger charge is 2.30. The van der Waals surface area contributed by atoms with Crippen molar-refractivity contribution in [1.82, 2.24) is 9.62 Å². The Kier molecular flexibility index (Phi) is 6.83. The molecule has 1 heterocycles. The Morgan fingerprint density at radius 2 is 1.70 bits per heavy atom. The van der Waals surface area contributed by atoms with Gasteiger partial charge in [0, 0.05) is 19.1 Å². The van der Waals surface area contributed by atoms with Crippen molar-refractivity contribution >= 4 is 15.9 Å². The number of piperidine rings is 1. The van der Waals surface area contributed by atoms with E-state index in [1.54, 1.807) is 6.07 Å². The van der Waals surface area contributed by atoms with Crippen molar-refractivity contribution in [3.8, 4) is 5.75 Å². The SMILES string of the molecule is Cc1ccc(S(=O)(=O)N2CCC(NC(=O)COc3ccc(C)c(C)c3)CC2)c(C)c1. The Bertz CT molecular complexity index is 1030. The molecule has 1 N–H and O–H groups in total. The lowest BCUT2D eigenvalue weighted by molar-refractivity contribution is -0.124. The van der Waals surface area contributed by atoms with Crippen molar-refractivity contribution in [1.29, 1.82) is 0 Å². The third kappa shape index (κ3) is 5.21. The highest BCUT2D eigenvalue weighted by atomic mass is 32.2. The van der Waals surface area contributed by atoms with Crippen LogP contribution in [-0.4, -0.2) is 44.4 Å². The van der Waals surface area contributed by atoms with Gasteiger partial charge in [-0.05, 0) is 75.4 Å². The molecule has 0 aliphatic carbocycles. The lowest BCUT2D eigenvalue weighted by Crippen LogP contribution is -2.47. The molecule has 162 valence electrons. The molecule has 0 saturated carbocycles. The van der Waals surface area contributed by atoms with Crippen molar-refractivity contribution in [3.63, 3.8) is 0 Å². The Labute approximate surface area is 179 Å². The van der Waals surface area contributed by atoms with Crippen molar-refractivity contribution in [2.24, 2.45) is 0 Å². The maximum atomic E-state index is 13.0. The van der Waals surface area contributed by atoms with Gasteiger partial charge < -0.3 is 10.1 Å². The summed E-state index contributed by atoms with van der Waals surface area (Å²) in [6.45, 7) is 8.52. The molecule has 0 aromatic heterocycles. The largest absolute Gasteiger partial charge is 0.484 e. The minimum atomic E-state index is -3.52. The van der Waals surface area contributed by atoms with E-state index in [0.717, 1.165) is 16.7 Å². The first kappa shape index (κ1) is 22.3. The van der Waals surface area contributed by atoms with Gasteiger partial charge in [-0.1, -0.05) is 23.8 Å². The fraction of sp³-hybridized carbons (Fsp3) is 0.435. The lowest BCUT2D eigenvalue weighted by atomic mass is 10.1. The molecular weight excluding hydrogens is 400 g/mol. The zero-order valence-electron chi connectivity index (χ0n) is 18.1. The highest BCUT2D eigenvalue weighted by molar-refractivity contribution is 7.89. The monoisotopic (exact) mass is 430 g/mol. The molecule has 0 radical (unpaired) electrons. The minimum Gasteiger partial charge on any atom is -0.484 e. The van der Waals surface area contributed by atoms with Crippen LogP contribution in [0.4, 0.5) is 0 Å². The first-order valence-electron chi connectivity index (χ1n) is 10.2. The van der Waals surface area contributed by atoms with Crippen LogP contribution in [0.1, 0.15) is 35.1 Å². The van der Waals surface area contributed by atoms with Crippen LogP contribution in [0.3, 0.4) is 0 Å². The maximum absolute atomic E-state index is 13.0. The molecule has 0 unspecified atom stereocenters. The van der Waals surface area contributed by atoms with Crippen molar-refractivity contribution in [3.05, 3.63) is 58.7 Å². The number of rotatable bonds is 6. The van der Waals surface area contributed by atoms with Gasteiger partial charge in [0.15, 0.2) is 6.61 Å². The maximum Gasteiger partial charge on any atom is 0.258 e. The molecule has 1 amide bonds. The molecule has 2 aromatic rings. The molecule has 0 atom stereocenters. The van der Waals surface area contributed by atoms with E-state index in [9.17, 15) is 13.2 Å². The van der Waals surface area contributed by atoms with E-state index in [1.165, 1.54) is 9.87 Å². The molecule has 2 aromatic carbocycles. The van der Waals surface area contributed by atoms with Gasteiger partial charge in [0.25, 0.3) is 5.91 Å². The van der Waals surface area contributed by atoms with Crippen LogP contribution in [0, 0.1) is 27.7 Å². The molecule has 0 bridgehead atoms. The first-order chi connectivity index (χ1) is 14.2. The molecule has 30 heavy (non-hydrogen) atoms. The molecule has 0 spiro atoms. The number of benzene rings is 2. The van der Waals surface area contributed by atoms with Crippen LogP contribution in [0.25, 0.3) is 0 Å². The van der Waals surface area contributed by atoms with Gasteiger partial charge in [0.1, 0.15) is 5.75 Å². The fourth-order valence-corrected chi connectivity index (χ4v) is 5.37. The number of aryl methyl sites for hydroxylation is 4. The number of hydrogen-bond donors (Lipinski definition) is 1. The minimum absolute atomic E-state index is 0.0496. The summed E-state index contributed by atoms with van der Waals surface area (Å²) in [5.74, 6) is 0.478. The van der Waals surface area contributed by atoms with Gasteiger partial charge in [-0.25, -0.2) is 8.42 Å². The molecule has 7 heteroatoms. The normalized spacial score (nSPS) is 15.7. The van der Waals surface area contributed by atoms with Gasteiger partial charge in [0.2, 0.25) is 10.0 Å². The quantitative estimate of drug-likeness (QED) is 0.763. The van der Waals surface area contributed by atoms with E-state index in [1.807, 2.05) is 58.0 Å². The Morgan fingerprint density at radius 1 is 1.00 bits per heavy atom. The summed E-state index contributed by atoms with van der Waals surface area (Å²) in [5.41, 5.74) is 4.09. The van der Waals surface area contributed by atoms with Gasteiger partial charge in [-0.2, -0.15) is 4.31 Å². The van der Waals surface area contributed by atoms with Crippen LogP contribution in [-0.2, 0) is 14.8 Å². The zero-order valence-corrected chi connectivity index (χ0v) is 18.9. The first-order valence-corrected chi connectivity index (χ1v) is 11.7. The summed E-state index contributed by atoms with van der Waals surface area (Å²) < 4.78 is 33.1. The van der Waals surface area contributed by atoms with Crippen LogP contribution in [0.2, 0.25) is 0 Å². The molecule has 6 nitrogen and oxygen atoms in total.